The largest absolute Gasteiger partial charge is 0.472 e. The molecule has 0 aliphatic rings. The Morgan fingerprint density at radius 3 is 2.89 bits per heavy atom. The van der Waals surface area contributed by atoms with Gasteiger partial charge in [0.1, 0.15) is 6.61 Å². The number of fused-ring (bicyclic) bond motifs is 1. The fourth-order valence-electron chi connectivity index (χ4n) is 2.78. The van der Waals surface area contributed by atoms with E-state index in [4.69, 9.17) is 4.74 Å². The van der Waals surface area contributed by atoms with Gasteiger partial charge in [-0.05, 0) is 52.8 Å². The number of nitrogens with zero attached hydrogens (tertiary/aromatic N) is 3. The fourth-order valence-corrected chi connectivity index (χ4v) is 3.28. The third-order valence-corrected chi connectivity index (χ3v) is 5.36. The molecule has 0 aliphatic carbocycles. The van der Waals surface area contributed by atoms with Crippen molar-refractivity contribution in [2.24, 2.45) is 5.92 Å². The molecule has 0 spiro atoms. The summed E-state index contributed by atoms with van der Waals surface area (Å²) in [6.07, 6.45) is 5.64. The molecule has 0 fully saturated rings. The SMILES string of the molecule is CCC#Cc1cc2cnn(C[C@@H](C)CC)c2cc1COc1ncccc1I. The first-order chi connectivity index (χ1) is 13.1. The van der Waals surface area contributed by atoms with Crippen LogP contribution in [0.4, 0.5) is 0 Å². The van der Waals surface area contributed by atoms with Gasteiger partial charge in [0.05, 0.1) is 15.3 Å². The zero-order valence-electron chi connectivity index (χ0n) is 16.0. The highest BCUT2D eigenvalue weighted by atomic mass is 127. The average Bonchev–Trinajstić information content (AvgIpc) is 3.06. The molecule has 1 atom stereocenters. The van der Waals surface area contributed by atoms with E-state index in [0.29, 0.717) is 18.4 Å². The van der Waals surface area contributed by atoms with Crippen LogP contribution in [0.5, 0.6) is 5.88 Å². The molecule has 27 heavy (non-hydrogen) atoms. The van der Waals surface area contributed by atoms with Gasteiger partial charge in [-0.3, -0.25) is 4.68 Å². The maximum Gasteiger partial charge on any atom is 0.227 e. The minimum atomic E-state index is 0.436. The average molecular weight is 473 g/mol. The predicted molar refractivity (Wildman–Crippen MR) is 118 cm³/mol. The van der Waals surface area contributed by atoms with E-state index in [1.165, 1.54) is 0 Å². The Labute approximate surface area is 174 Å². The number of halogens is 1. The summed E-state index contributed by atoms with van der Waals surface area (Å²) in [6, 6.07) is 8.19. The van der Waals surface area contributed by atoms with Gasteiger partial charge >= 0.3 is 0 Å². The van der Waals surface area contributed by atoms with Crippen molar-refractivity contribution in [3.63, 3.8) is 0 Å². The second kappa shape index (κ2) is 9.23. The number of hydrogen-bond acceptors (Lipinski definition) is 3. The lowest BCUT2D eigenvalue weighted by molar-refractivity contribution is 0.291. The number of aromatic nitrogens is 3. The van der Waals surface area contributed by atoms with E-state index in [1.54, 1.807) is 6.20 Å². The molecule has 0 N–H and O–H groups in total. The standard InChI is InChI=1S/C22H24IN3O/c1-4-6-8-17-11-18-13-25-26(14-16(3)5-2)21(18)12-19(17)15-27-22-20(23)9-7-10-24-22/h7,9-13,16H,4-5,14-15H2,1-3H3/t16-/m0/s1. The normalized spacial score (nSPS) is 11.9. The van der Waals surface area contributed by atoms with Crippen LogP contribution in [0.2, 0.25) is 0 Å². The second-order valence-corrected chi connectivity index (χ2v) is 7.80. The van der Waals surface area contributed by atoms with Gasteiger partial charge in [-0.25, -0.2) is 4.98 Å². The molecular formula is C22H24IN3O. The Hall–Kier alpha value is -2.07. The van der Waals surface area contributed by atoms with Crippen molar-refractivity contribution in [1.82, 2.24) is 14.8 Å². The molecule has 0 saturated heterocycles. The van der Waals surface area contributed by atoms with Gasteiger partial charge < -0.3 is 4.74 Å². The van der Waals surface area contributed by atoms with Gasteiger partial charge in [0.2, 0.25) is 5.88 Å². The Kier molecular flexibility index (Phi) is 6.73. The zero-order chi connectivity index (χ0) is 19.2. The van der Waals surface area contributed by atoms with Gasteiger partial charge in [-0.2, -0.15) is 5.10 Å². The summed E-state index contributed by atoms with van der Waals surface area (Å²) in [5, 5.41) is 5.71. The summed E-state index contributed by atoms with van der Waals surface area (Å²) in [5.74, 6) is 7.69. The van der Waals surface area contributed by atoms with Crippen molar-refractivity contribution in [1.29, 1.82) is 0 Å². The van der Waals surface area contributed by atoms with Crippen molar-refractivity contribution < 1.29 is 4.74 Å². The van der Waals surface area contributed by atoms with Crippen LogP contribution in [-0.4, -0.2) is 14.8 Å². The number of hydrogen-bond donors (Lipinski definition) is 0. The summed E-state index contributed by atoms with van der Waals surface area (Å²) < 4.78 is 9.09. The van der Waals surface area contributed by atoms with Crippen LogP contribution in [0.25, 0.3) is 10.9 Å². The molecule has 1 aromatic carbocycles. The molecule has 3 rings (SSSR count). The van der Waals surface area contributed by atoms with Crippen molar-refractivity contribution in [3.05, 3.63) is 51.4 Å². The Morgan fingerprint density at radius 2 is 2.15 bits per heavy atom. The minimum Gasteiger partial charge on any atom is -0.472 e. The van der Waals surface area contributed by atoms with E-state index >= 15 is 0 Å². The number of rotatable bonds is 6. The first kappa shape index (κ1) is 19.7. The maximum absolute atomic E-state index is 6.00. The molecule has 0 radical (unpaired) electrons. The third kappa shape index (κ3) is 4.81. The Morgan fingerprint density at radius 1 is 1.30 bits per heavy atom. The van der Waals surface area contributed by atoms with E-state index in [0.717, 1.165) is 45.0 Å². The monoisotopic (exact) mass is 473 g/mol. The summed E-state index contributed by atoms with van der Waals surface area (Å²) in [6.45, 7) is 7.87. The lowest BCUT2D eigenvalue weighted by Gasteiger charge is -2.12. The molecule has 0 unspecified atom stereocenters. The highest BCUT2D eigenvalue weighted by Gasteiger charge is 2.12. The lowest BCUT2D eigenvalue weighted by atomic mass is 10.0. The second-order valence-electron chi connectivity index (χ2n) is 6.64. The third-order valence-electron chi connectivity index (χ3n) is 4.54. The molecular weight excluding hydrogens is 449 g/mol. The Bertz CT molecular complexity index is 984. The van der Waals surface area contributed by atoms with Crippen LogP contribution >= 0.6 is 22.6 Å². The topological polar surface area (TPSA) is 39.9 Å². The molecule has 0 bridgehead atoms. The predicted octanol–water partition coefficient (Wildman–Crippen LogP) is 5.42. The van der Waals surface area contributed by atoms with Crippen LogP contribution in [-0.2, 0) is 13.2 Å². The van der Waals surface area contributed by atoms with Gasteiger partial charge in [-0.1, -0.05) is 39.0 Å². The molecule has 0 amide bonds. The lowest BCUT2D eigenvalue weighted by Crippen LogP contribution is -2.08. The van der Waals surface area contributed by atoms with Crippen molar-refractivity contribution in [2.45, 2.75) is 46.8 Å². The van der Waals surface area contributed by atoms with E-state index in [9.17, 15) is 0 Å². The number of pyridine rings is 1. The van der Waals surface area contributed by atoms with E-state index in [-0.39, 0.29) is 0 Å². The smallest absolute Gasteiger partial charge is 0.227 e. The van der Waals surface area contributed by atoms with Gasteiger partial charge in [0.25, 0.3) is 0 Å². The van der Waals surface area contributed by atoms with Crippen LogP contribution in [0.1, 0.15) is 44.7 Å². The quantitative estimate of drug-likeness (QED) is 0.355. The summed E-state index contributed by atoms with van der Waals surface area (Å²) in [4.78, 5) is 4.32. The molecule has 5 heteroatoms. The molecule has 0 aliphatic heterocycles. The minimum absolute atomic E-state index is 0.436. The van der Waals surface area contributed by atoms with Gasteiger partial charge in [-0.15, -0.1) is 0 Å². The fraction of sp³-hybridized carbons (Fsp3) is 0.364. The van der Waals surface area contributed by atoms with Crippen molar-refractivity contribution >= 4 is 33.5 Å². The van der Waals surface area contributed by atoms with Gasteiger partial charge in [0, 0.05) is 35.7 Å². The first-order valence-corrected chi connectivity index (χ1v) is 10.4. The van der Waals surface area contributed by atoms with Gasteiger partial charge in [0.15, 0.2) is 0 Å². The highest BCUT2D eigenvalue weighted by molar-refractivity contribution is 14.1. The van der Waals surface area contributed by atoms with Crippen molar-refractivity contribution in [3.8, 4) is 17.7 Å². The van der Waals surface area contributed by atoms with E-state index in [2.05, 4.69) is 82.1 Å². The first-order valence-electron chi connectivity index (χ1n) is 9.33. The molecule has 4 nitrogen and oxygen atoms in total. The van der Waals surface area contributed by atoms with E-state index < -0.39 is 0 Å². The molecule has 140 valence electrons. The summed E-state index contributed by atoms with van der Waals surface area (Å²) in [5.41, 5.74) is 3.20. The number of benzene rings is 1. The molecule has 2 aromatic heterocycles. The summed E-state index contributed by atoms with van der Waals surface area (Å²) in [7, 11) is 0. The highest BCUT2D eigenvalue weighted by Crippen LogP contribution is 2.24. The van der Waals surface area contributed by atoms with Crippen LogP contribution in [0, 0.1) is 21.3 Å². The molecule has 0 saturated carbocycles. The van der Waals surface area contributed by atoms with Crippen LogP contribution in [0.15, 0.2) is 36.7 Å². The number of ether oxygens (including phenoxy) is 1. The Balaban J connectivity index is 1.96. The van der Waals surface area contributed by atoms with Crippen LogP contribution in [0.3, 0.4) is 0 Å². The zero-order valence-corrected chi connectivity index (χ0v) is 18.2. The van der Waals surface area contributed by atoms with Crippen LogP contribution < -0.4 is 4.74 Å². The molecule has 2 heterocycles. The maximum atomic E-state index is 6.00. The summed E-state index contributed by atoms with van der Waals surface area (Å²) >= 11 is 2.24. The van der Waals surface area contributed by atoms with Crippen molar-refractivity contribution in [2.75, 3.05) is 0 Å². The van der Waals surface area contributed by atoms with E-state index in [1.807, 2.05) is 18.3 Å². The molecule has 3 aromatic rings.